The number of carbonyl (C=O) groups excluding carboxylic acids is 1. The first-order valence-electron chi connectivity index (χ1n) is 8.42. The highest BCUT2D eigenvalue weighted by Gasteiger charge is 2.18. The normalized spacial score (nSPS) is 15.3. The van der Waals surface area contributed by atoms with Crippen molar-refractivity contribution in [3.05, 3.63) is 29.3 Å². The van der Waals surface area contributed by atoms with Gasteiger partial charge in [0.1, 0.15) is 0 Å². The summed E-state index contributed by atoms with van der Waals surface area (Å²) in [4.78, 5) is 14.4. The van der Waals surface area contributed by atoms with Crippen molar-refractivity contribution in [3.8, 4) is 5.69 Å². The van der Waals surface area contributed by atoms with Crippen LogP contribution < -0.4 is 0 Å². The quantitative estimate of drug-likeness (QED) is 0.797. The Kier molecular flexibility index (Phi) is 5.50. The fraction of sp³-hybridized carbons (Fsp3) is 0.529. The highest BCUT2D eigenvalue weighted by Crippen LogP contribution is 2.22. The minimum Gasteiger partial charge on any atom is -0.342 e. The molecule has 0 unspecified atom stereocenters. The molecule has 1 aromatic carbocycles. The molecule has 1 aliphatic rings. The van der Waals surface area contributed by atoms with E-state index in [-0.39, 0.29) is 5.91 Å². The van der Waals surface area contributed by atoms with Gasteiger partial charge in [0.05, 0.1) is 11.4 Å². The van der Waals surface area contributed by atoms with Gasteiger partial charge < -0.3 is 4.90 Å². The number of benzene rings is 1. The van der Waals surface area contributed by atoms with Gasteiger partial charge in [-0.1, -0.05) is 42.3 Å². The third kappa shape index (κ3) is 3.95. The smallest absolute Gasteiger partial charge is 0.233 e. The van der Waals surface area contributed by atoms with Crippen molar-refractivity contribution in [3.63, 3.8) is 0 Å². The number of likely N-dealkylation sites (tertiary alicyclic amines) is 1. The first-order chi connectivity index (χ1) is 11.6. The molecule has 1 amide bonds. The second-order valence-electron chi connectivity index (χ2n) is 6.25. The lowest BCUT2D eigenvalue weighted by Gasteiger charge is -2.19. The Hall–Kier alpha value is -1.89. The fourth-order valence-corrected chi connectivity index (χ4v) is 3.79. The van der Waals surface area contributed by atoms with E-state index in [1.165, 1.54) is 30.2 Å². The minimum absolute atomic E-state index is 0.178. The van der Waals surface area contributed by atoms with Crippen LogP contribution >= 0.6 is 11.8 Å². The molecule has 7 heteroatoms. The van der Waals surface area contributed by atoms with E-state index in [2.05, 4.69) is 28.5 Å². The molecular formula is C17H23N5OS. The van der Waals surface area contributed by atoms with Crippen LogP contribution in [0.15, 0.2) is 23.4 Å². The summed E-state index contributed by atoms with van der Waals surface area (Å²) in [6.45, 7) is 5.86. The van der Waals surface area contributed by atoms with Gasteiger partial charge in [0.2, 0.25) is 11.1 Å². The molecule has 0 radical (unpaired) electrons. The van der Waals surface area contributed by atoms with Crippen LogP contribution in [0.3, 0.4) is 0 Å². The van der Waals surface area contributed by atoms with Crippen molar-refractivity contribution in [1.82, 2.24) is 25.1 Å². The van der Waals surface area contributed by atoms with E-state index >= 15 is 0 Å². The van der Waals surface area contributed by atoms with Crippen LogP contribution in [0.25, 0.3) is 5.69 Å². The molecule has 0 atom stereocenters. The van der Waals surface area contributed by atoms with E-state index in [0.717, 1.165) is 37.2 Å². The number of hydrogen-bond donors (Lipinski definition) is 0. The number of carbonyl (C=O) groups is 1. The van der Waals surface area contributed by atoms with Crippen LogP contribution in [0.1, 0.15) is 36.8 Å². The molecular weight excluding hydrogens is 322 g/mol. The Balaban J connectivity index is 1.68. The second kappa shape index (κ2) is 7.79. The zero-order valence-electron chi connectivity index (χ0n) is 14.2. The van der Waals surface area contributed by atoms with Crippen LogP contribution in [-0.4, -0.2) is 49.9 Å². The summed E-state index contributed by atoms with van der Waals surface area (Å²) in [5.41, 5.74) is 3.27. The molecule has 24 heavy (non-hydrogen) atoms. The predicted octanol–water partition coefficient (Wildman–Crippen LogP) is 2.77. The van der Waals surface area contributed by atoms with Gasteiger partial charge >= 0.3 is 0 Å². The number of amides is 1. The molecule has 0 spiro atoms. The average molecular weight is 345 g/mol. The van der Waals surface area contributed by atoms with Gasteiger partial charge in [0, 0.05) is 13.1 Å². The Labute approximate surface area is 146 Å². The summed E-state index contributed by atoms with van der Waals surface area (Å²) < 4.78 is 1.72. The summed E-state index contributed by atoms with van der Waals surface area (Å²) in [5, 5.41) is 12.6. The second-order valence-corrected chi connectivity index (χ2v) is 7.19. The van der Waals surface area contributed by atoms with Crippen LogP contribution in [0.5, 0.6) is 0 Å². The summed E-state index contributed by atoms with van der Waals surface area (Å²) in [6.07, 6.45) is 4.66. The van der Waals surface area contributed by atoms with Gasteiger partial charge in [-0.2, -0.15) is 4.68 Å². The fourth-order valence-electron chi connectivity index (χ4n) is 3.00. The van der Waals surface area contributed by atoms with E-state index in [9.17, 15) is 4.79 Å². The molecule has 1 aromatic heterocycles. The molecule has 0 N–H and O–H groups in total. The van der Waals surface area contributed by atoms with E-state index < -0.39 is 0 Å². The van der Waals surface area contributed by atoms with Gasteiger partial charge in [0.25, 0.3) is 0 Å². The third-order valence-corrected chi connectivity index (χ3v) is 5.21. The van der Waals surface area contributed by atoms with Gasteiger partial charge in [-0.25, -0.2) is 0 Å². The Morgan fingerprint density at radius 2 is 1.92 bits per heavy atom. The standard InChI is InChI=1S/C17H23N5OS/c1-13-7-8-15(14(2)11-13)22-17(18-19-20-22)24-12-16(23)21-9-5-3-4-6-10-21/h7-8,11H,3-6,9-10,12H2,1-2H3. The lowest BCUT2D eigenvalue weighted by molar-refractivity contribution is -0.128. The minimum atomic E-state index is 0.178. The molecule has 1 saturated heterocycles. The van der Waals surface area contributed by atoms with Gasteiger partial charge in [-0.3, -0.25) is 4.79 Å². The van der Waals surface area contributed by atoms with Gasteiger partial charge in [0.15, 0.2) is 0 Å². The molecule has 6 nitrogen and oxygen atoms in total. The Morgan fingerprint density at radius 3 is 2.62 bits per heavy atom. The number of rotatable bonds is 4. The molecule has 0 saturated carbocycles. The van der Waals surface area contributed by atoms with Gasteiger partial charge in [-0.15, -0.1) is 5.10 Å². The average Bonchev–Trinajstić information content (AvgIpc) is 2.85. The summed E-state index contributed by atoms with van der Waals surface area (Å²) >= 11 is 1.41. The molecule has 0 bridgehead atoms. The lowest BCUT2D eigenvalue weighted by Crippen LogP contribution is -2.33. The number of hydrogen-bond acceptors (Lipinski definition) is 5. The highest BCUT2D eigenvalue weighted by atomic mass is 32.2. The molecule has 1 aliphatic heterocycles. The summed E-state index contributed by atoms with van der Waals surface area (Å²) in [7, 11) is 0. The van der Waals surface area contributed by atoms with Crippen molar-refractivity contribution in [2.24, 2.45) is 0 Å². The Bertz CT molecular complexity index is 707. The molecule has 2 heterocycles. The summed E-state index contributed by atoms with van der Waals surface area (Å²) in [5.74, 6) is 0.558. The van der Waals surface area contributed by atoms with Crippen LogP contribution in [0.4, 0.5) is 0 Å². The maximum Gasteiger partial charge on any atom is 0.233 e. The van der Waals surface area contributed by atoms with Crippen molar-refractivity contribution in [2.75, 3.05) is 18.8 Å². The topological polar surface area (TPSA) is 63.9 Å². The van der Waals surface area contributed by atoms with E-state index in [1.807, 2.05) is 24.0 Å². The number of nitrogens with zero attached hydrogens (tertiary/aromatic N) is 5. The maximum absolute atomic E-state index is 12.4. The number of aromatic nitrogens is 4. The first kappa shape index (κ1) is 17.0. The van der Waals surface area contributed by atoms with E-state index in [4.69, 9.17) is 0 Å². The van der Waals surface area contributed by atoms with E-state index in [1.54, 1.807) is 4.68 Å². The first-order valence-corrected chi connectivity index (χ1v) is 9.40. The zero-order valence-corrected chi connectivity index (χ0v) is 15.1. The predicted molar refractivity (Wildman–Crippen MR) is 94.4 cm³/mol. The summed E-state index contributed by atoms with van der Waals surface area (Å²) in [6, 6.07) is 6.16. The van der Waals surface area contributed by atoms with Crippen molar-refractivity contribution in [1.29, 1.82) is 0 Å². The highest BCUT2D eigenvalue weighted by molar-refractivity contribution is 7.99. The van der Waals surface area contributed by atoms with Gasteiger partial charge in [-0.05, 0) is 48.7 Å². The van der Waals surface area contributed by atoms with Crippen LogP contribution in [-0.2, 0) is 4.79 Å². The number of tetrazole rings is 1. The zero-order chi connectivity index (χ0) is 16.9. The largest absolute Gasteiger partial charge is 0.342 e. The number of aryl methyl sites for hydroxylation is 2. The van der Waals surface area contributed by atoms with Crippen LogP contribution in [0, 0.1) is 13.8 Å². The molecule has 0 aliphatic carbocycles. The van der Waals surface area contributed by atoms with Crippen molar-refractivity contribution >= 4 is 17.7 Å². The third-order valence-electron chi connectivity index (χ3n) is 4.30. The maximum atomic E-state index is 12.4. The van der Waals surface area contributed by atoms with Crippen LogP contribution in [0.2, 0.25) is 0 Å². The lowest BCUT2D eigenvalue weighted by atomic mass is 10.1. The van der Waals surface area contributed by atoms with E-state index in [0.29, 0.717) is 10.9 Å². The van der Waals surface area contributed by atoms with Crippen molar-refractivity contribution in [2.45, 2.75) is 44.7 Å². The molecule has 128 valence electrons. The van der Waals surface area contributed by atoms with Crippen molar-refractivity contribution < 1.29 is 4.79 Å². The molecule has 2 aromatic rings. The monoisotopic (exact) mass is 345 g/mol. The number of thioether (sulfide) groups is 1. The molecule has 3 rings (SSSR count). The SMILES string of the molecule is Cc1ccc(-n2nnnc2SCC(=O)N2CCCCCC2)c(C)c1. The Morgan fingerprint density at radius 1 is 1.17 bits per heavy atom. The molecule has 1 fully saturated rings.